The Kier molecular flexibility index (Phi) is 18.8. The minimum absolute atomic E-state index is 0.0916. The van der Waals surface area contributed by atoms with Crippen LogP contribution in [0.15, 0.2) is 95.8 Å². The van der Waals surface area contributed by atoms with Crippen LogP contribution in [-0.2, 0) is 56.6 Å². The van der Waals surface area contributed by atoms with Gasteiger partial charge in [0.25, 0.3) is 0 Å². The van der Waals surface area contributed by atoms with Gasteiger partial charge in [0.1, 0.15) is 6.04 Å². The lowest BCUT2D eigenvalue weighted by molar-refractivity contribution is -0.141. The number of hydrogen-bond acceptors (Lipinski definition) is 10. The maximum absolute atomic E-state index is 13.7. The number of rotatable bonds is 23. The van der Waals surface area contributed by atoms with E-state index in [2.05, 4.69) is 4.76 Å². The van der Waals surface area contributed by atoms with Crippen LogP contribution in [0.25, 0.3) is 0 Å². The van der Waals surface area contributed by atoms with E-state index in [1.54, 1.807) is 24.3 Å². The molecule has 3 rings (SSSR count). The first-order chi connectivity index (χ1) is 25.1. The molecule has 3 aromatic carbocycles. The van der Waals surface area contributed by atoms with Gasteiger partial charge in [-0.25, -0.2) is 18.9 Å². The maximum Gasteiger partial charge on any atom is 0.508 e. The molecule has 52 heavy (non-hydrogen) atoms. The first-order valence-electron chi connectivity index (χ1n) is 17.1. The summed E-state index contributed by atoms with van der Waals surface area (Å²) in [4.78, 5) is 37.2. The van der Waals surface area contributed by atoms with Gasteiger partial charge in [-0.1, -0.05) is 91.0 Å². The fourth-order valence-corrected chi connectivity index (χ4v) is 6.00. The zero-order valence-corrected chi connectivity index (χ0v) is 30.3. The molecular weight excluding hydrogens is 693 g/mol. The maximum atomic E-state index is 13.7. The van der Waals surface area contributed by atoms with Crippen molar-refractivity contribution in [2.24, 2.45) is 10.5 Å². The van der Waals surface area contributed by atoms with Gasteiger partial charge in [0, 0.05) is 26.3 Å². The average Bonchev–Trinajstić information content (AvgIpc) is 3.14. The fraction of sp³-hybridized carbons (Fsp3) is 0.405. The summed E-state index contributed by atoms with van der Waals surface area (Å²) in [5.41, 5.74) is 9.14. The summed E-state index contributed by atoms with van der Waals surface area (Å²) in [7, 11) is -2.92. The predicted octanol–water partition coefficient (Wildman–Crippen LogP) is 6.42. The summed E-state index contributed by atoms with van der Waals surface area (Å²) in [6, 6.07) is 27.4. The molecule has 0 saturated carbocycles. The van der Waals surface area contributed by atoms with Gasteiger partial charge in [0.2, 0.25) is 5.96 Å². The van der Waals surface area contributed by atoms with Gasteiger partial charge < -0.3 is 34.7 Å². The SMILES string of the molecule is CN(C(N)=NP(=O)(OCCCOC(=O)OCCCc1ccccc1)OCCCOC(=O)OCCCc1ccccc1)C(Cc1ccccc1)C(=O)O. The molecule has 0 spiro atoms. The molecule has 15 heteroatoms. The van der Waals surface area contributed by atoms with Gasteiger partial charge >= 0.3 is 26.0 Å². The third-order valence-electron chi connectivity index (χ3n) is 7.48. The summed E-state index contributed by atoms with van der Waals surface area (Å²) >= 11 is 0. The summed E-state index contributed by atoms with van der Waals surface area (Å²) in [6.45, 7) is -0.251. The molecule has 3 aromatic rings. The Morgan fingerprint density at radius 2 is 1.04 bits per heavy atom. The molecule has 0 fully saturated rings. The molecule has 0 saturated heterocycles. The highest BCUT2D eigenvalue weighted by Crippen LogP contribution is 2.50. The topological polar surface area (TPSA) is 186 Å². The Morgan fingerprint density at radius 1 is 0.654 bits per heavy atom. The first kappa shape index (κ1) is 41.5. The number of likely N-dealkylation sites (N-methyl/N-ethyl adjacent to an activating group) is 1. The highest BCUT2D eigenvalue weighted by molar-refractivity contribution is 7.52. The fourth-order valence-electron chi connectivity index (χ4n) is 4.70. The number of carboxylic acid groups (broad SMARTS) is 1. The molecule has 0 amide bonds. The van der Waals surface area contributed by atoms with Crippen molar-refractivity contribution in [3.8, 4) is 0 Å². The van der Waals surface area contributed by atoms with Crippen LogP contribution < -0.4 is 5.73 Å². The zero-order valence-electron chi connectivity index (χ0n) is 29.4. The van der Waals surface area contributed by atoms with Crippen molar-refractivity contribution in [3.63, 3.8) is 0 Å². The number of guanidine groups is 1. The van der Waals surface area contributed by atoms with E-state index in [1.807, 2.05) is 66.7 Å². The Balaban J connectivity index is 1.47. The van der Waals surface area contributed by atoms with E-state index < -0.39 is 38.0 Å². The number of ether oxygens (including phenoxy) is 4. The second-order valence-corrected chi connectivity index (χ2v) is 13.2. The minimum Gasteiger partial charge on any atom is -0.480 e. The van der Waals surface area contributed by atoms with E-state index >= 15 is 0 Å². The van der Waals surface area contributed by atoms with Gasteiger partial charge in [-0.2, -0.15) is 0 Å². The Bertz CT molecular complexity index is 1490. The average molecular weight is 742 g/mol. The normalized spacial score (nSPS) is 12.1. The monoisotopic (exact) mass is 741 g/mol. The largest absolute Gasteiger partial charge is 0.508 e. The van der Waals surface area contributed by atoms with Crippen LogP contribution in [0.2, 0.25) is 0 Å². The number of nitrogens with zero attached hydrogens (tertiary/aromatic N) is 2. The smallest absolute Gasteiger partial charge is 0.480 e. The molecule has 3 N–H and O–H groups in total. The second kappa shape index (κ2) is 23.5. The number of aliphatic carboxylic acids is 1. The number of hydrogen-bond donors (Lipinski definition) is 2. The molecule has 0 bridgehead atoms. The van der Waals surface area contributed by atoms with E-state index in [0.29, 0.717) is 12.8 Å². The molecule has 0 aliphatic rings. The number of nitrogens with two attached hydrogens (primary N) is 1. The second-order valence-electron chi connectivity index (χ2n) is 11.5. The van der Waals surface area contributed by atoms with E-state index in [0.717, 1.165) is 29.5 Å². The standard InChI is InChI=1S/C37H48N3O11P/c1-40(33(34(41)42)29-32-19-9-4-10-20-32)35(38)39-52(45,50-27-13-25-48-36(43)46-23-11-21-30-15-5-2-6-16-30)51-28-14-26-49-37(44)47-24-12-22-31-17-7-3-8-18-31/h2-10,15-20,33H,11-14,21-29H2,1H3,(H,41,42)(H2,38,39,45). The zero-order chi connectivity index (χ0) is 37.4. The van der Waals surface area contributed by atoms with Gasteiger partial charge in [0.05, 0.1) is 39.6 Å². The Morgan fingerprint density at radius 3 is 1.44 bits per heavy atom. The number of carbonyl (C=O) groups is 3. The molecule has 282 valence electrons. The molecule has 1 unspecified atom stereocenters. The number of benzene rings is 3. The van der Waals surface area contributed by atoms with E-state index in [-0.39, 0.29) is 58.9 Å². The van der Waals surface area contributed by atoms with E-state index in [9.17, 15) is 24.1 Å². The third-order valence-corrected chi connectivity index (χ3v) is 8.95. The third kappa shape index (κ3) is 16.9. The van der Waals surface area contributed by atoms with Crippen molar-refractivity contribution in [3.05, 3.63) is 108 Å². The van der Waals surface area contributed by atoms with Crippen molar-refractivity contribution in [2.45, 2.75) is 51.0 Å². The van der Waals surface area contributed by atoms with Crippen LogP contribution in [-0.4, -0.2) is 87.0 Å². The van der Waals surface area contributed by atoms with Crippen molar-refractivity contribution < 1.29 is 52.1 Å². The highest BCUT2D eigenvalue weighted by Gasteiger charge is 2.30. The van der Waals surface area contributed by atoms with Gasteiger partial charge in [-0.3, -0.25) is 9.05 Å². The molecule has 14 nitrogen and oxygen atoms in total. The summed E-state index contributed by atoms with van der Waals surface area (Å²) < 4.78 is 49.0. The van der Waals surface area contributed by atoms with Crippen LogP contribution in [0.1, 0.15) is 42.4 Å². The van der Waals surface area contributed by atoms with Gasteiger partial charge in [-0.05, 0) is 42.4 Å². The van der Waals surface area contributed by atoms with Gasteiger partial charge in [-0.15, -0.1) is 4.76 Å². The minimum atomic E-state index is -4.33. The molecule has 0 radical (unpaired) electrons. The molecule has 1 atom stereocenters. The predicted molar refractivity (Wildman–Crippen MR) is 194 cm³/mol. The molecule has 0 aromatic heterocycles. The quantitative estimate of drug-likeness (QED) is 0.0357. The van der Waals surface area contributed by atoms with Crippen molar-refractivity contribution in [2.75, 3.05) is 46.7 Å². The summed E-state index contributed by atoms with van der Waals surface area (Å²) in [5, 5.41) is 9.90. The lowest BCUT2D eigenvalue weighted by Gasteiger charge is -2.26. The first-order valence-corrected chi connectivity index (χ1v) is 18.6. The number of aryl methyl sites for hydroxylation is 2. The van der Waals surface area contributed by atoms with Crippen LogP contribution in [0.3, 0.4) is 0 Å². The molecule has 0 aliphatic heterocycles. The number of carboxylic acids is 1. The molecule has 0 heterocycles. The Hall–Kier alpha value is -4.91. The highest BCUT2D eigenvalue weighted by atomic mass is 31.2. The van der Waals surface area contributed by atoms with E-state index in [4.69, 9.17) is 33.7 Å². The van der Waals surface area contributed by atoms with Crippen molar-refractivity contribution in [1.82, 2.24) is 4.90 Å². The van der Waals surface area contributed by atoms with Gasteiger partial charge in [0.15, 0.2) is 0 Å². The Labute approximate surface area is 304 Å². The van der Waals surface area contributed by atoms with Crippen molar-refractivity contribution >= 4 is 32.0 Å². The van der Waals surface area contributed by atoms with Crippen molar-refractivity contribution in [1.29, 1.82) is 0 Å². The van der Waals surface area contributed by atoms with Crippen LogP contribution in [0.4, 0.5) is 9.59 Å². The lowest BCUT2D eigenvalue weighted by atomic mass is 10.1. The number of carbonyl (C=O) groups excluding carboxylic acids is 2. The lowest BCUT2D eigenvalue weighted by Crippen LogP contribution is -2.47. The van der Waals surface area contributed by atoms with Crippen LogP contribution in [0.5, 0.6) is 0 Å². The van der Waals surface area contributed by atoms with Crippen LogP contribution >= 0.6 is 7.75 Å². The molecule has 0 aliphatic carbocycles. The van der Waals surface area contributed by atoms with E-state index in [1.165, 1.54) is 11.9 Å². The summed E-state index contributed by atoms with van der Waals surface area (Å²) in [5.74, 6) is -1.56. The van der Waals surface area contributed by atoms with Crippen LogP contribution in [0, 0.1) is 0 Å². The molecular formula is C37H48N3O11P. The summed E-state index contributed by atoms with van der Waals surface area (Å²) in [6.07, 6.45) is 1.40.